The third-order valence-corrected chi connectivity index (χ3v) is 2.81. The summed E-state index contributed by atoms with van der Waals surface area (Å²) in [7, 11) is 0. The quantitative estimate of drug-likeness (QED) is 0.640. The predicted molar refractivity (Wildman–Crippen MR) is 56.6 cm³/mol. The van der Waals surface area contributed by atoms with Crippen molar-refractivity contribution in [3.63, 3.8) is 0 Å². The maximum Gasteiger partial charge on any atom is 0.0602 e. The van der Waals surface area contributed by atoms with Crippen LogP contribution in [0.3, 0.4) is 0 Å². The molecule has 1 heterocycles. The number of nitrogens with zero attached hydrogens (tertiary/aromatic N) is 1. The fourth-order valence-corrected chi connectivity index (χ4v) is 1.71. The largest absolute Gasteiger partial charge is 0.309 e. The molecular weight excluding hydrogens is 160 g/mol. The van der Waals surface area contributed by atoms with Gasteiger partial charge in [0.1, 0.15) is 0 Å². The van der Waals surface area contributed by atoms with Crippen LogP contribution >= 0.6 is 0 Å². The Labute approximate surface area is 81.7 Å². The Morgan fingerprint density at radius 1 is 1.54 bits per heavy atom. The summed E-state index contributed by atoms with van der Waals surface area (Å²) in [5.41, 5.74) is 0.299. The Kier molecular flexibility index (Phi) is 3.77. The van der Waals surface area contributed by atoms with Gasteiger partial charge in [-0.1, -0.05) is 12.8 Å². The molecule has 0 aromatic carbocycles. The predicted octanol–water partition coefficient (Wildman–Crippen LogP) is 1.08. The summed E-state index contributed by atoms with van der Waals surface area (Å²) in [5, 5.41) is 3.56. The number of nitrogens with one attached hydrogen (secondary N) is 1. The van der Waals surface area contributed by atoms with E-state index in [-0.39, 0.29) is 0 Å². The fourth-order valence-electron chi connectivity index (χ4n) is 1.71. The highest BCUT2D eigenvalue weighted by molar-refractivity contribution is 5.00. The molecule has 0 bridgehead atoms. The second-order valence-electron chi connectivity index (χ2n) is 3.98. The lowest BCUT2D eigenvalue weighted by atomic mass is 9.96. The molecule has 1 atom stereocenters. The average molecular weight is 180 g/mol. The van der Waals surface area contributed by atoms with Crippen molar-refractivity contribution < 1.29 is 0 Å². The van der Waals surface area contributed by atoms with Gasteiger partial charge in [0.05, 0.1) is 6.54 Å². The third kappa shape index (κ3) is 3.02. The molecule has 1 fully saturated rings. The molecule has 0 aliphatic carbocycles. The molecule has 1 aliphatic rings. The van der Waals surface area contributed by atoms with Gasteiger partial charge >= 0.3 is 0 Å². The third-order valence-electron chi connectivity index (χ3n) is 2.81. The van der Waals surface area contributed by atoms with Crippen LogP contribution in [0.2, 0.25) is 0 Å². The smallest absolute Gasteiger partial charge is 0.0602 e. The molecule has 0 aromatic rings. The molecule has 0 radical (unpaired) electrons. The van der Waals surface area contributed by atoms with E-state index in [9.17, 15) is 0 Å². The van der Waals surface area contributed by atoms with Crippen molar-refractivity contribution in [2.24, 2.45) is 0 Å². The van der Waals surface area contributed by atoms with Gasteiger partial charge in [0.15, 0.2) is 0 Å². The average Bonchev–Trinajstić information content (AvgIpc) is 2.15. The van der Waals surface area contributed by atoms with E-state index in [2.05, 4.69) is 35.9 Å². The molecule has 2 nitrogen and oxygen atoms in total. The second-order valence-corrected chi connectivity index (χ2v) is 3.98. The van der Waals surface area contributed by atoms with E-state index in [4.69, 9.17) is 0 Å². The van der Waals surface area contributed by atoms with Gasteiger partial charge in [-0.2, -0.15) is 0 Å². The van der Waals surface area contributed by atoms with Gasteiger partial charge in [-0.05, 0) is 20.3 Å². The Balaban J connectivity index is 2.44. The first kappa shape index (κ1) is 10.6. The van der Waals surface area contributed by atoms with Gasteiger partial charge in [0, 0.05) is 25.2 Å². The van der Waals surface area contributed by atoms with Crippen molar-refractivity contribution in [3.8, 4) is 11.8 Å². The van der Waals surface area contributed by atoms with Crippen molar-refractivity contribution in [1.82, 2.24) is 10.2 Å². The van der Waals surface area contributed by atoms with Crippen molar-refractivity contribution in [2.45, 2.75) is 32.7 Å². The van der Waals surface area contributed by atoms with Gasteiger partial charge < -0.3 is 5.32 Å². The molecule has 1 unspecified atom stereocenters. The Morgan fingerprint density at radius 3 is 2.92 bits per heavy atom. The van der Waals surface area contributed by atoms with E-state index in [1.165, 1.54) is 6.42 Å². The molecule has 1 saturated heterocycles. The van der Waals surface area contributed by atoms with Crippen molar-refractivity contribution in [1.29, 1.82) is 0 Å². The summed E-state index contributed by atoms with van der Waals surface area (Å²) in [4.78, 5) is 2.43. The van der Waals surface area contributed by atoms with E-state index in [0.717, 1.165) is 26.2 Å². The van der Waals surface area contributed by atoms with Crippen molar-refractivity contribution in [2.75, 3.05) is 26.2 Å². The van der Waals surface area contributed by atoms with Crippen LogP contribution in [0.15, 0.2) is 0 Å². The van der Waals surface area contributed by atoms with Crippen molar-refractivity contribution >= 4 is 0 Å². The molecular formula is C11H20N2. The first-order chi connectivity index (χ1) is 6.20. The zero-order valence-electron chi connectivity index (χ0n) is 8.98. The molecule has 2 heteroatoms. The summed E-state index contributed by atoms with van der Waals surface area (Å²) >= 11 is 0. The zero-order chi connectivity index (χ0) is 9.73. The van der Waals surface area contributed by atoms with Gasteiger partial charge in [0.25, 0.3) is 0 Å². The molecule has 13 heavy (non-hydrogen) atoms. The van der Waals surface area contributed by atoms with Crippen LogP contribution in [0.25, 0.3) is 0 Å². The van der Waals surface area contributed by atoms with E-state index in [1.54, 1.807) is 0 Å². The van der Waals surface area contributed by atoms with Crippen LogP contribution in [0.5, 0.6) is 0 Å². The first-order valence-corrected chi connectivity index (χ1v) is 5.07. The van der Waals surface area contributed by atoms with Crippen molar-refractivity contribution in [3.05, 3.63) is 0 Å². The molecule has 1 aliphatic heterocycles. The van der Waals surface area contributed by atoms with Crippen LogP contribution in [-0.2, 0) is 0 Å². The molecule has 0 spiro atoms. The van der Waals surface area contributed by atoms with Gasteiger partial charge in [0.2, 0.25) is 0 Å². The second kappa shape index (κ2) is 4.64. The molecule has 0 amide bonds. The Morgan fingerprint density at radius 2 is 2.31 bits per heavy atom. The minimum Gasteiger partial charge on any atom is -0.309 e. The number of hydrogen-bond donors (Lipinski definition) is 1. The molecule has 1 rings (SSSR count). The molecule has 0 saturated carbocycles. The highest BCUT2D eigenvalue weighted by Crippen LogP contribution is 2.14. The summed E-state index contributed by atoms with van der Waals surface area (Å²) in [6.07, 6.45) is 1.18. The topological polar surface area (TPSA) is 15.3 Å². The maximum atomic E-state index is 3.56. The standard InChI is InChI=1S/C11H20N2/c1-4-6-8-13-9-7-12-11(3,5-2)10-13/h12H,5,7-10H2,1-3H3. The van der Waals surface area contributed by atoms with Crippen LogP contribution in [0, 0.1) is 11.8 Å². The van der Waals surface area contributed by atoms with Crippen LogP contribution in [0.4, 0.5) is 0 Å². The first-order valence-electron chi connectivity index (χ1n) is 5.07. The molecule has 74 valence electrons. The van der Waals surface area contributed by atoms with E-state index in [0.29, 0.717) is 5.54 Å². The number of piperazine rings is 1. The minimum absolute atomic E-state index is 0.299. The normalized spacial score (nSPS) is 29.5. The molecule has 1 N–H and O–H groups in total. The van der Waals surface area contributed by atoms with E-state index in [1.807, 2.05) is 6.92 Å². The van der Waals surface area contributed by atoms with Gasteiger partial charge in [-0.25, -0.2) is 0 Å². The fraction of sp³-hybridized carbons (Fsp3) is 0.818. The van der Waals surface area contributed by atoms with Gasteiger partial charge in [-0.3, -0.25) is 4.90 Å². The summed E-state index contributed by atoms with van der Waals surface area (Å²) in [5.74, 6) is 6.08. The highest BCUT2D eigenvalue weighted by Gasteiger charge is 2.27. The SMILES string of the molecule is CC#CCN1CCNC(C)(CC)C1. The lowest BCUT2D eigenvalue weighted by molar-refractivity contribution is 0.154. The number of rotatable bonds is 2. The minimum atomic E-state index is 0.299. The number of hydrogen-bond acceptors (Lipinski definition) is 2. The lowest BCUT2D eigenvalue weighted by Crippen LogP contribution is -2.58. The highest BCUT2D eigenvalue weighted by atomic mass is 15.2. The summed E-state index contributed by atoms with van der Waals surface area (Å²) in [6, 6.07) is 0. The summed E-state index contributed by atoms with van der Waals surface area (Å²) in [6.45, 7) is 10.7. The van der Waals surface area contributed by atoms with Crippen LogP contribution in [-0.4, -0.2) is 36.6 Å². The van der Waals surface area contributed by atoms with E-state index >= 15 is 0 Å². The van der Waals surface area contributed by atoms with Crippen LogP contribution < -0.4 is 5.32 Å². The Bertz CT molecular complexity index is 214. The van der Waals surface area contributed by atoms with Gasteiger partial charge in [-0.15, -0.1) is 5.92 Å². The summed E-state index contributed by atoms with van der Waals surface area (Å²) < 4.78 is 0. The van der Waals surface area contributed by atoms with Crippen LogP contribution in [0.1, 0.15) is 27.2 Å². The monoisotopic (exact) mass is 180 g/mol. The van der Waals surface area contributed by atoms with E-state index < -0.39 is 0 Å². The maximum absolute atomic E-state index is 3.56. The Hall–Kier alpha value is -0.520. The lowest BCUT2D eigenvalue weighted by Gasteiger charge is -2.40. The molecule has 0 aromatic heterocycles. The zero-order valence-corrected chi connectivity index (χ0v) is 8.98.